The maximum absolute atomic E-state index is 10.5. The van der Waals surface area contributed by atoms with Crippen molar-refractivity contribution in [2.75, 3.05) is 6.61 Å². The molecule has 0 aliphatic rings. The van der Waals surface area contributed by atoms with Gasteiger partial charge in [0.05, 0.1) is 10.7 Å². The molecule has 0 saturated carbocycles. The van der Waals surface area contributed by atoms with Crippen LogP contribution in [0.2, 0.25) is 5.02 Å². The van der Waals surface area contributed by atoms with E-state index in [-0.39, 0.29) is 5.11 Å². The van der Waals surface area contributed by atoms with Crippen molar-refractivity contribution in [3.8, 4) is 5.75 Å². The first-order valence-electron chi connectivity index (χ1n) is 4.82. The van der Waals surface area contributed by atoms with E-state index in [2.05, 4.69) is 38.7 Å². The van der Waals surface area contributed by atoms with E-state index in [4.69, 9.17) is 27.2 Å². The number of carboxylic acid groups (broad SMARTS) is 1. The fraction of sp³-hybridized carbons (Fsp3) is 0.100. The number of thiocarbonyl (C=S) groups is 1. The maximum Gasteiger partial charge on any atom is 0.341 e. The second-order valence-electron chi connectivity index (χ2n) is 3.22. The fourth-order valence-electron chi connectivity index (χ4n) is 1.13. The lowest BCUT2D eigenvalue weighted by Crippen LogP contribution is -2.24. The number of hydrogen-bond donors (Lipinski definition) is 3. The van der Waals surface area contributed by atoms with Gasteiger partial charge in [-0.3, -0.25) is 5.43 Å². The smallest absolute Gasteiger partial charge is 0.341 e. The van der Waals surface area contributed by atoms with E-state index in [0.29, 0.717) is 20.8 Å². The Labute approximate surface area is 127 Å². The molecule has 102 valence electrons. The molecule has 0 aromatic heterocycles. The summed E-state index contributed by atoms with van der Waals surface area (Å²) in [6.45, 7) is -0.482. The molecule has 9 heteroatoms. The van der Waals surface area contributed by atoms with E-state index in [1.807, 2.05) is 0 Å². The van der Waals surface area contributed by atoms with Gasteiger partial charge >= 0.3 is 5.97 Å². The minimum Gasteiger partial charge on any atom is -0.480 e. The molecule has 0 amide bonds. The van der Waals surface area contributed by atoms with Gasteiger partial charge in [-0.25, -0.2) is 4.79 Å². The second kappa shape index (κ2) is 7.27. The number of carboxylic acids is 1. The Hall–Kier alpha value is -1.38. The van der Waals surface area contributed by atoms with E-state index in [1.54, 1.807) is 12.1 Å². The quantitative estimate of drug-likeness (QED) is 0.417. The summed E-state index contributed by atoms with van der Waals surface area (Å²) in [5.74, 6) is -0.786. The summed E-state index contributed by atoms with van der Waals surface area (Å²) in [5, 5.41) is 12.8. The zero-order valence-corrected chi connectivity index (χ0v) is 12.6. The molecule has 4 N–H and O–H groups in total. The molecule has 0 radical (unpaired) electrons. The molecule has 0 heterocycles. The highest BCUT2D eigenvalue weighted by Crippen LogP contribution is 2.31. The van der Waals surface area contributed by atoms with Gasteiger partial charge in [0.15, 0.2) is 11.7 Å². The van der Waals surface area contributed by atoms with Crippen LogP contribution in [0.25, 0.3) is 0 Å². The average molecular weight is 367 g/mol. The summed E-state index contributed by atoms with van der Waals surface area (Å²) in [6, 6.07) is 3.14. The Morgan fingerprint density at radius 2 is 2.37 bits per heavy atom. The lowest BCUT2D eigenvalue weighted by atomic mass is 10.2. The Balaban J connectivity index is 3.01. The van der Waals surface area contributed by atoms with Crippen molar-refractivity contribution in [3.05, 3.63) is 27.2 Å². The molecule has 1 rings (SSSR count). The average Bonchev–Trinajstić information content (AvgIpc) is 2.26. The number of hydrazone groups is 1. The molecule has 0 aliphatic heterocycles. The van der Waals surface area contributed by atoms with Crippen LogP contribution in [-0.2, 0) is 4.79 Å². The van der Waals surface area contributed by atoms with E-state index < -0.39 is 12.6 Å². The molecule has 0 fully saturated rings. The van der Waals surface area contributed by atoms with Gasteiger partial charge in [0.1, 0.15) is 5.75 Å². The Morgan fingerprint density at radius 3 is 2.95 bits per heavy atom. The third-order valence-electron chi connectivity index (χ3n) is 1.76. The number of benzene rings is 1. The number of nitrogens with one attached hydrogen (secondary N) is 1. The van der Waals surface area contributed by atoms with Crippen LogP contribution in [0.4, 0.5) is 0 Å². The highest BCUT2D eigenvalue weighted by atomic mass is 79.9. The van der Waals surface area contributed by atoms with Crippen LogP contribution >= 0.6 is 39.7 Å². The van der Waals surface area contributed by atoms with E-state index in [1.165, 1.54) is 6.21 Å². The minimum atomic E-state index is -1.09. The Bertz CT molecular complexity index is 539. The normalized spacial score (nSPS) is 10.4. The summed E-state index contributed by atoms with van der Waals surface area (Å²) in [5.41, 5.74) is 8.06. The second-order valence-corrected chi connectivity index (χ2v) is 4.95. The molecule has 0 saturated heterocycles. The standard InChI is InChI=1S/C10H9BrClN3O3S/c11-7-2-6(12)1-5(3-14-15-10(13)19)9(7)18-4-8(16)17/h1-3H,4H2,(H,16,17)(H3,13,15,19). The molecule has 6 nitrogen and oxygen atoms in total. The van der Waals surface area contributed by atoms with Gasteiger partial charge in [-0.15, -0.1) is 0 Å². The van der Waals surface area contributed by atoms with E-state index in [9.17, 15) is 4.79 Å². The van der Waals surface area contributed by atoms with Crippen molar-refractivity contribution < 1.29 is 14.6 Å². The van der Waals surface area contributed by atoms with Crippen LogP contribution in [0, 0.1) is 0 Å². The molecule has 0 unspecified atom stereocenters. The van der Waals surface area contributed by atoms with Gasteiger partial charge in [0.25, 0.3) is 0 Å². The zero-order chi connectivity index (χ0) is 14.4. The number of rotatable bonds is 5. The summed E-state index contributed by atoms with van der Waals surface area (Å²) in [4.78, 5) is 10.5. The van der Waals surface area contributed by atoms with Crippen molar-refractivity contribution in [2.24, 2.45) is 10.8 Å². The largest absolute Gasteiger partial charge is 0.480 e. The fourth-order valence-corrected chi connectivity index (χ4v) is 2.13. The molecule has 0 atom stereocenters. The van der Waals surface area contributed by atoms with E-state index >= 15 is 0 Å². The number of nitrogens with zero attached hydrogens (tertiary/aromatic N) is 1. The van der Waals surface area contributed by atoms with Crippen LogP contribution in [0.15, 0.2) is 21.7 Å². The first-order chi connectivity index (χ1) is 8.90. The molecular formula is C10H9BrClN3O3S. The van der Waals surface area contributed by atoms with Crippen molar-refractivity contribution in [1.82, 2.24) is 5.43 Å². The minimum absolute atomic E-state index is 0.00495. The summed E-state index contributed by atoms with van der Waals surface area (Å²) < 4.78 is 5.67. The molecule has 1 aromatic rings. The van der Waals surface area contributed by atoms with Gasteiger partial charge in [-0.05, 0) is 40.3 Å². The molecule has 1 aromatic carbocycles. The summed E-state index contributed by atoms with van der Waals surface area (Å²) in [7, 11) is 0. The van der Waals surface area contributed by atoms with Gasteiger partial charge in [-0.2, -0.15) is 5.10 Å². The highest BCUT2D eigenvalue weighted by molar-refractivity contribution is 9.10. The first-order valence-corrected chi connectivity index (χ1v) is 6.40. The third kappa shape index (κ3) is 5.41. The van der Waals surface area contributed by atoms with Crippen LogP contribution < -0.4 is 15.9 Å². The van der Waals surface area contributed by atoms with Gasteiger partial charge in [0.2, 0.25) is 0 Å². The number of nitrogens with two attached hydrogens (primary N) is 1. The summed E-state index contributed by atoms with van der Waals surface area (Å²) >= 11 is 13.7. The van der Waals surface area contributed by atoms with Crippen molar-refractivity contribution >= 4 is 57.0 Å². The maximum atomic E-state index is 10.5. The number of ether oxygens (including phenoxy) is 1. The van der Waals surface area contributed by atoms with Crippen molar-refractivity contribution in [2.45, 2.75) is 0 Å². The molecule has 0 spiro atoms. The predicted molar refractivity (Wildman–Crippen MR) is 79.8 cm³/mol. The lowest BCUT2D eigenvalue weighted by molar-refractivity contribution is -0.139. The van der Waals surface area contributed by atoms with Gasteiger partial charge in [0, 0.05) is 10.6 Å². The van der Waals surface area contributed by atoms with Crippen molar-refractivity contribution in [1.29, 1.82) is 0 Å². The number of hydrogen-bond acceptors (Lipinski definition) is 4. The molecule has 0 bridgehead atoms. The van der Waals surface area contributed by atoms with Crippen LogP contribution in [0.5, 0.6) is 5.75 Å². The Morgan fingerprint density at radius 1 is 1.68 bits per heavy atom. The van der Waals surface area contributed by atoms with Gasteiger partial charge in [-0.1, -0.05) is 11.6 Å². The number of carbonyl (C=O) groups is 1. The monoisotopic (exact) mass is 365 g/mol. The molecule has 19 heavy (non-hydrogen) atoms. The van der Waals surface area contributed by atoms with Crippen LogP contribution in [0.3, 0.4) is 0 Å². The first kappa shape index (κ1) is 15.7. The summed E-state index contributed by atoms with van der Waals surface area (Å²) in [6.07, 6.45) is 1.37. The number of aliphatic carboxylic acids is 1. The topological polar surface area (TPSA) is 96.9 Å². The molecule has 0 aliphatic carbocycles. The van der Waals surface area contributed by atoms with Gasteiger partial charge < -0.3 is 15.6 Å². The predicted octanol–water partition coefficient (Wildman–Crippen LogP) is 1.73. The van der Waals surface area contributed by atoms with E-state index in [0.717, 1.165) is 0 Å². The lowest BCUT2D eigenvalue weighted by Gasteiger charge is -2.10. The van der Waals surface area contributed by atoms with Crippen molar-refractivity contribution in [3.63, 3.8) is 0 Å². The SMILES string of the molecule is NC(=S)NN=Cc1cc(Cl)cc(Br)c1OCC(=O)O. The number of halogens is 2. The molecular weight excluding hydrogens is 358 g/mol. The highest BCUT2D eigenvalue weighted by Gasteiger charge is 2.10. The Kier molecular flexibility index (Phi) is 6.00. The zero-order valence-electron chi connectivity index (χ0n) is 9.39. The van der Waals surface area contributed by atoms with Crippen LogP contribution in [-0.4, -0.2) is 29.0 Å². The third-order valence-corrected chi connectivity index (χ3v) is 2.65. The van der Waals surface area contributed by atoms with Crippen LogP contribution in [0.1, 0.15) is 5.56 Å².